The Kier molecular flexibility index (Phi) is 6.01. The van der Waals surface area contributed by atoms with Gasteiger partial charge in [-0.15, -0.1) is 0 Å². The number of benzene rings is 2. The van der Waals surface area contributed by atoms with Crippen molar-refractivity contribution < 1.29 is 9.53 Å². The maximum Gasteiger partial charge on any atom is 0.258 e. The first kappa shape index (κ1) is 19.2. The number of fused-ring (bicyclic) bond motifs is 1. The molecule has 1 unspecified atom stereocenters. The predicted octanol–water partition coefficient (Wildman–Crippen LogP) is 4.60. The highest BCUT2D eigenvalue weighted by atomic mass is 35.5. The Hall–Kier alpha value is -2.53. The van der Waals surface area contributed by atoms with Gasteiger partial charge in [0.25, 0.3) is 5.91 Å². The van der Waals surface area contributed by atoms with Gasteiger partial charge in [0, 0.05) is 11.6 Å². The van der Waals surface area contributed by atoms with Crippen LogP contribution in [0.4, 0.5) is 0 Å². The molecule has 6 heteroatoms. The molecular formula is C21H24ClN3O2. The number of aromatic nitrogens is 2. The number of amides is 1. The minimum absolute atomic E-state index is 0.0591. The van der Waals surface area contributed by atoms with Crippen LogP contribution in [0.25, 0.3) is 11.0 Å². The zero-order chi connectivity index (χ0) is 19.4. The normalized spacial score (nSPS) is 12.3. The first-order valence-corrected chi connectivity index (χ1v) is 9.44. The number of hydrogen-bond acceptors (Lipinski definition) is 3. The number of para-hydroxylation sites is 2. The molecule has 142 valence electrons. The summed E-state index contributed by atoms with van der Waals surface area (Å²) in [7, 11) is 0. The fourth-order valence-electron chi connectivity index (χ4n) is 3.01. The van der Waals surface area contributed by atoms with Crippen molar-refractivity contribution in [1.29, 1.82) is 0 Å². The summed E-state index contributed by atoms with van der Waals surface area (Å²) in [4.78, 5) is 17.1. The van der Waals surface area contributed by atoms with E-state index >= 15 is 0 Å². The van der Waals surface area contributed by atoms with Crippen LogP contribution in [0.1, 0.15) is 32.6 Å². The Morgan fingerprint density at radius 1 is 1.15 bits per heavy atom. The summed E-state index contributed by atoms with van der Waals surface area (Å²) >= 11 is 5.85. The van der Waals surface area contributed by atoms with Crippen molar-refractivity contribution in [3.63, 3.8) is 0 Å². The second kappa shape index (κ2) is 8.44. The molecule has 0 spiro atoms. The van der Waals surface area contributed by atoms with Crippen molar-refractivity contribution in [2.45, 2.75) is 33.4 Å². The van der Waals surface area contributed by atoms with E-state index in [0.29, 0.717) is 16.7 Å². The van der Waals surface area contributed by atoms with Gasteiger partial charge in [-0.25, -0.2) is 4.98 Å². The van der Waals surface area contributed by atoms with Crippen LogP contribution >= 0.6 is 11.6 Å². The van der Waals surface area contributed by atoms with Crippen LogP contribution in [0, 0.1) is 5.92 Å². The van der Waals surface area contributed by atoms with Crippen LogP contribution in [-0.4, -0.2) is 22.1 Å². The van der Waals surface area contributed by atoms with E-state index in [2.05, 4.69) is 29.8 Å². The summed E-state index contributed by atoms with van der Waals surface area (Å²) in [6, 6.07) is 14.7. The van der Waals surface area contributed by atoms with E-state index in [-0.39, 0.29) is 18.6 Å². The largest absolute Gasteiger partial charge is 0.484 e. The van der Waals surface area contributed by atoms with E-state index in [1.807, 2.05) is 25.1 Å². The Morgan fingerprint density at radius 2 is 1.85 bits per heavy atom. The number of ether oxygens (including phenoxy) is 1. The summed E-state index contributed by atoms with van der Waals surface area (Å²) in [5, 5.41) is 3.61. The highest BCUT2D eigenvalue weighted by Crippen LogP contribution is 2.22. The minimum Gasteiger partial charge on any atom is -0.484 e. The van der Waals surface area contributed by atoms with E-state index in [1.54, 1.807) is 24.3 Å². The van der Waals surface area contributed by atoms with E-state index in [0.717, 1.165) is 23.4 Å². The van der Waals surface area contributed by atoms with E-state index in [4.69, 9.17) is 21.3 Å². The van der Waals surface area contributed by atoms with Crippen LogP contribution < -0.4 is 10.1 Å². The fraction of sp³-hybridized carbons (Fsp3) is 0.333. The molecule has 2 aromatic carbocycles. The fourth-order valence-corrected chi connectivity index (χ4v) is 3.14. The lowest BCUT2D eigenvalue weighted by molar-refractivity contribution is -0.123. The Balaban J connectivity index is 1.70. The lowest BCUT2D eigenvalue weighted by Crippen LogP contribution is -2.32. The summed E-state index contributed by atoms with van der Waals surface area (Å²) in [6.07, 6.45) is 0. The molecule has 0 aliphatic carbocycles. The number of carbonyl (C=O) groups excluding carboxylic acids is 1. The molecule has 0 radical (unpaired) electrons. The number of hydrogen-bond donors (Lipinski definition) is 1. The average molecular weight is 386 g/mol. The average Bonchev–Trinajstić information content (AvgIpc) is 2.99. The second-order valence-corrected chi connectivity index (χ2v) is 7.43. The van der Waals surface area contributed by atoms with E-state index in [9.17, 15) is 4.79 Å². The van der Waals surface area contributed by atoms with Gasteiger partial charge in [0.2, 0.25) is 0 Å². The van der Waals surface area contributed by atoms with Crippen LogP contribution in [0.15, 0.2) is 48.5 Å². The van der Waals surface area contributed by atoms with Crippen LogP contribution in [-0.2, 0) is 11.3 Å². The maximum atomic E-state index is 12.3. The molecule has 1 atom stereocenters. The summed E-state index contributed by atoms with van der Waals surface area (Å²) < 4.78 is 7.70. The van der Waals surface area contributed by atoms with Gasteiger partial charge in [-0.2, -0.15) is 0 Å². The molecule has 0 saturated carbocycles. The zero-order valence-electron chi connectivity index (χ0n) is 15.8. The molecule has 5 nitrogen and oxygen atoms in total. The lowest BCUT2D eigenvalue weighted by Gasteiger charge is -2.18. The van der Waals surface area contributed by atoms with Gasteiger partial charge in [0.05, 0.1) is 17.1 Å². The third-order valence-corrected chi connectivity index (χ3v) is 4.43. The second-order valence-electron chi connectivity index (χ2n) is 6.99. The lowest BCUT2D eigenvalue weighted by atomic mass is 10.2. The van der Waals surface area contributed by atoms with Crippen LogP contribution in [0.3, 0.4) is 0 Å². The molecule has 3 rings (SSSR count). The number of imidazole rings is 1. The smallest absolute Gasteiger partial charge is 0.258 e. The summed E-state index contributed by atoms with van der Waals surface area (Å²) in [5.41, 5.74) is 2.02. The van der Waals surface area contributed by atoms with Crippen LogP contribution in [0.5, 0.6) is 5.75 Å². The molecule has 0 saturated heterocycles. The van der Waals surface area contributed by atoms with Crippen molar-refractivity contribution in [3.8, 4) is 5.75 Å². The maximum absolute atomic E-state index is 12.3. The number of nitrogens with zero attached hydrogens (tertiary/aromatic N) is 2. The predicted molar refractivity (Wildman–Crippen MR) is 108 cm³/mol. The standard InChI is InChI=1S/C21H24ClN3O2/c1-14(2)12-25-19-7-5-4-6-18(19)24-21(25)15(3)23-20(26)13-27-17-10-8-16(22)9-11-17/h4-11,14-15H,12-13H2,1-3H3,(H,23,26). The zero-order valence-corrected chi connectivity index (χ0v) is 16.5. The Labute approximate surface area is 164 Å². The first-order valence-electron chi connectivity index (χ1n) is 9.07. The molecule has 1 N–H and O–H groups in total. The van der Waals surface area contributed by atoms with Crippen molar-refractivity contribution >= 4 is 28.5 Å². The summed E-state index contributed by atoms with van der Waals surface area (Å²) in [6.45, 7) is 7.06. The van der Waals surface area contributed by atoms with E-state index < -0.39 is 0 Å². The molecule has 0 aliphatic rings. The highest BCUT2D eigenvalue weighted by molar-refractivity contribution is 6.30. The van der Waals surface area contributed by atoms with Crippen molar-refractivity contribution in [1.82, 2.24) is 14.9 Å². The molecule has 1 aromatic heterocycles. The number of halogens is 1. The number of carbonyl (C=O) groups is 1. The molecule has 3 aromatic rings. The van der Waals surface area contributed by atoms with Gasteiger partial charge >= 0.3 is 0 Å². The number of rotatable bonds is 7. The molecule has 0 aliphatic heterocycles. The molecule has 27 heavy (non-hydrogen) atoms. The quantitative estimate of drug-likeness (QED) is 0.646. The third kappa shape index (κ3) is 4.80. The van der Waals surface area contributed by atoms with Crippen molar-refractivity contribution in [2.24, 2.45) is 5.92 Å². The molecule has 0 fully saturated rings. The summed E-state index contributed by atoms with van der Waals surface area (Å²) in [5.74, 6) is 1.73. The first-order chi connectivity index (χ1) is 12.9. The van der Waals surface area contributed by atoms with Crippen molar-refractivity contribution in [2.75, 3.05) is 6.61 Å². The van der Waals surface area contributed by atoms with Gasteiger partial charge in [-0.05, 0) is 49.2 Å². The van der Waals surface area contributed by atoms with Gasteiger partial charge in [-0.3, -0.25) is 4.79 Å². The topological polar surface area (TPSA) is 56.2 Å². The number of nitrogens with one attached hydrogen (secondary N) is 1. The van der Waals surface area contributed by atoms with Gasteiger partial charge < -0.3 is 14.6 Å². The Bertz CT molecular complexity index is 919. The van der Waals surface area contributed by atoms with E-state index in [1.165, 1.54) is 0 Å². The molecule has 1 heterocycles. The SMILES string of the molecule is CC(C)Cn1c(C(C)NC(=O)COc2ccc(Cl)cc2)nc2ccccc21. The van der Waals surface area contributed by atoms with Crippen LogP contribution in [0.2, 0.25) is 5.02 Å². The molecular weight excluding hydrogens is 362 g/mol. The monoisotopic (exact) mass is 385 g/mol. The highest BCUT2D eigenvalue weighted by Gasteiger charge is 2.19. The Morgan fingerprint density at radius 3 is 2.56 bits per heavy atom. The molecule has 1 amide bonds. The van der Waals surface area contributed by atoms with Gasteiger partial charge in [-0.1, -0.05) is 37.6 Å². The minimum atomic E-state index is -0.225. The third-order valence-electron chi connectivity index (χ3n) is 4.18. The molecule has 0 bridgehead atoms. The van der Waals surface area contributed by atoms with Gasteiger partial charge in [0.15, 0.2) is 6.61 Å². The van der Waals surface area contributed by atoms with Gasteiger partial charge in [0.1, 0.15) is 11.6 Å². The van der Waals surface area contributed by atoms with Crippen molar-refractivity contribution in [3.05, 3.63) is 59.4 Å².